The number of carbonyl (C=O) groups is 9. The Kier molecular flexibility index (Phi) is 22.4. The lowest BCUT2D eigenvalue weighted by Gasteiger charge is -2.52. The summed E-state index contributed by atoms with van der Waals surface area (Å²) < 4.78 is 103. The van der Waals surface area contributed by atoms with Gasteiger partial charge in [-0.25, -0.2) is 0 Å². The quantitative estimate of drug-likeness (QED) is 0.121. The molecular weight excluding hydrogens is 1060 g/mol. The second-order valence-electron chi connectivity index (χ2n) is 19.6. The van der Waals surface area contributed by atoms with Crippen LogP contribution >= 0.6 is 0 Å². The Balaban J connectivity index is 1.52. The first kappa shape index (κ1) is 62.5. The maximum atomic E-state index is 14.7. The van der Waals surface area contributed by atoms with Crippen molar-refractivity contribution in [3.05, 3.63) is 71.8 Å². The van der Waals surface area contributed by atoms with Gasteiger partial charge in [0.2, 0.25) is 6.29 Å². The molecule has 0 N–H and O–H groups in total. The van der Waals surface area contributed by atoms with Crippen molar-refractivity contribution in [2.75, 3.05) is 26.4 Å². The Morgan fingerprint density at radius 1 is 0.475 bits per heavy atom. The molecule has 0 amide bonds. The van der Waals surface area contributed by atoms with E-state index in [0.717, 1.165) is 48.5 Å². The minimum absolute atomic E-state index is 0.0265. The molecule has 4 aliphatic heterocycles. The molecule has 2 aromatic carbocycles. The fourth-order valence-corrected chi connectivity index (χ4v) is 9.07. The van der Waals surface area contributed by atoms with Gasteiger partial charge in [-0.1, -0.05) is 60.7 Å². The van der Waals surface area contributed by atoms with Gasteiger partial charge >= 0.3 is 53.7 Å². The largest absolute Gasteiger partial charge is 0.466 e. The Bertz CT molecular complexity index is 2470. The molecule has 0 saturated carbocycles. The Labute approximate surface area is 460 Å². The zero-order valence-corrected chi connectivity index (χ0v) is 45.9. The Morgan fingerprint density at radius 2 is 0.925 bits per heavy atom. The van der Waals surface area contributed by atoms with E-state index in [2.05, 4.69) is 0 Å². The molecule has 4 aliphatic rings. The first-order chi connectivity index (χ1) is 37.9. The van der Waals surface area contributed by atoms with Crippen LogP contribution in [-0.4, -0.2) is 172 Å². The van der Waals surface area contributed by atoms with Crippen LogP contribution in [0.5, 0.6) is 0 Å². The predicted molar refractivity (Wildman–Crippen MR) is 263 cm³/mol. The topological polar surface area (TPSA) is 311 Å². The van der Waals surface area contributed by atoms with Crippen molar-refractivity contribution in [2.45, 2.75) is 181 Å². The maximum absolute atomic E-state index is 14.7. The summed E-state index contributed by atoms with van der Waals surface area (Å²) in [7, 11) is 0. The van der Waals surface area contributed by atoms with Crippen LogP contribution in [0.2, 0.25) is 0 Å². The van der Waals surface area contributed by atoms with Crippen molar-refractivity contribution < 1.29 is 124 Å². The van der Waals surface area contributed by atoms with Crippen LogP contribution in [0, 0.1) is 5.41 Å². The molecule has 0 aromatic heterocycles. The van der Waals surface area contributed by atoms with Gasteiger partial charge in [0.25, 0.3) is 0 Å². The van der Waals surface area contributed by atoms with E-state index < -0.39 is 171 Å². The van der Waals surface area contributed by atoms with E-state index in [9.17, 15) is 43.2 Å². The summed E-state index contributed by atoms with van der Waals surface area (Å²) in [4.78, 5) is 116. The summed E-state index contributed by atoms with van der Waals surface area (Å²) in [6.07, 6.45) is -26.2. The number of esters is 9. The lowest BCUT2D eigenvalue weighted by atomic mass is 9.89. The third kappa shape index (κ3) is 17.4. The summed E-state index contributed by atoms with van der Waals surface area (Å²) in [5.41, 5.74) is -0.0674. The van der Waals surface area contributed by atoms with Crippen molar-refractivity contribution in [3.8, 4) is 0 Å². The normalized spacial score (nSPS) is 30.2. The third-order valence-electron chi connectivity index (χ3n) is 12.6. The second kappa shape index (κ2) is 28.7. The summed E-state index contributed by atoms with van der Waals surface area (Å²) >= 11 is 0. The van der Waals surface area contributed by atoms with Crippen LogP contribution in [0.3, 0.4) is 0 Å². The molecule has 2 aromatic rings. The number of rotatable bonds is 22. The van der Waals surface area contributed by atoms with Gasteiger partial charge in [0.15, 0.2) is 49.4 Å². The van der Waals surface area contributed by atoms with Gasteiger partial charge < -0.3 is 80.5 Å². The first-order valence-corrected chi connectivity index (χ1v) is 25.6. The van der Waals surface area contributed by atoms with E-state index in [1.54, 1.807) is 68.4 Å². The van der Waals surface area contributed by atoms with Crippen LogP contribution in [-0.2, 0) is 130 Å². The van der Waals surface area contributed by atoms with Gasteiger partial charge in [-0.05, 0) is 25.8 Å². The van der Waals surface area contributed by atoms with E-state index in [1.165, 1.54) is 6.92 Å². The maximum Gasteiger partial charge on any atom is 0.312 e. The molecule has 440 valence electrons. The SMILES string of the molecule is CC(=O)OCCC(C)(C)C(=O)O[C@H]1[C@H](O[C@@H]2[C@@H](OC(C)=O)[C@H](O[C@@H]3[C@@H](OC(C)=O)[C@@H](OC(C)=O)O[C@H](COC(C)=O)[C@H]3OC(C)=O)O[C@H](COC(C)=O)[C@H]2OC(C)=O)O[C@@H]2COC(c3ccccc3)O[C@H]2[C@@H]1OCc1ccccc1. The number of hydrogen-bond donors (Lipinski definition) is 0. The van der Waals surface area contributed by atoms with Gasteiger partial charge in [0.05, 0.1) is 25.2 Å². The molecule has 6 rings (SSSR count). The van der Waals surface area contributed by atoms with Crippen LogP contribution in [0.4, 0.5) is 0 Å². The molecule has 26 heteroatoms. The monoisotopic (exact) mass is 1130 g/mol. The minimum Gasteiger partial charge on any atom is -0.466 e. The van der Waals surface area contributed by atoms with Crippen molar-refractivity contribution in [3.63, 3.8) is 0 Å². The van der Waals surface area contributed by atoms with E-state index in [-0.39, 0.29) is 26.2 Å². The summed E-state index contributed by atoms with van der Waals surface area (Å²) in [5, 5.41) is 0. The zero-order chi connectivity index (χ0) is 58.4. The average Bonchev–Trinajstić information content (AvgIpc) is 3.48. The Morgan fingerprint density at radius 3 is 1.43 bits per heavy atom. The van der Waals surface area contributed by atoms with Gasteiger partial charge in [-0.3, -0.25) is 43.2 Å². The molecule has 80 heavy (non-hydrogen) atoms. The standard InChI is InChI=1S/C54H68O26/c1-27(55)64-22-21-54(9,10)53(63)80-46-43(67-23-35-17-13-11-14-18-35)40-39(26-68-49(77-40)36-19-15-12-16-20-36)76-51(46)78-45-42(70-31(5)59)38(25-66-29(3)57)75-52(48(45)72-33(7)61)79-44-41(69-30(4)58)37(24-65-28(2)56)74-50(73-34(8)62)47(44)71-32(6)60/h11-20,37-52H,21-26H2,1-10H3/t37-,38-,39-,40-,41-,42-,43+,44+,45+,46-,47-,48-,49?,50+,51+,52+/m1/s1. The zero-order valence-electron chi connectivity index (χ0n) is 45.9. The number of benzene rings is 2. The number of fused-ring (bicyclic) bond motifs is 1. The molecule has 26 nitrogen and oxygen atoms in total. The van der Waals surface area contributed by atoms with Gasteiger partial charge in [0.1, 0.15) is 55.9 Å². The van der Waals surface area contributed by atoms with Crippen LogP contribution in [0.15, 0.2) is 60.7 Å². The number of hydrogen-bond acceptors (Lipinski definition) is 26. The fourth-order valence-electron chi connectivity index (χ4n) is 9.07. The summed E-state index contributed by atoms with van der Waals surface area (Å²) in [5.74, 6) is -8.00. The van der Waals surface area contributed by atoms with Crippen molar-refractivity contribution in [2.24, 2.45) is 5.41 Å². The van der Waals surface area contributed by atoms with E-state index >= 15 is 0 Å². The van der Waals surface area contributed by atoms with Gasteiger partial charge in [0, 0.05) is 61.0 Å². The second-order valence-corrected chi connectivity index (χ2v) is 19.6. The van der Waals surface area contributed by atoms with Gasteiger partial charge in [-0.2, -0.15) is 0 Å². The Hall–Kier alpha value is -6.65. The highest BCUT2D eigenvalue weighted by atomic mass is 16.8. The molecular formula is C54H68O26. The van der Waals surface area contributed by atoms with Crippen molar-refractivity contribution in [1.29, 1.82) is 0 Å². The smallest absolute Gasteiger partial charge is 0.312 e. The first-order valence-electron chi connectivity index (χ1n) is 25.6. The summed E-state index contributed by atoms with van der Waals surface area (Å²) in [6, 6.07) is 17.9. The van der Waals surface area contributed by atoms with E-state index in [4.69, 9.17) is 80.5 Å². The number of carbonyl (C=O) groups excluding carboxylic acids is 9. The van der Waals surface area contributed by atoms with E-state index in [0.29, 0.717) is 11.1 Å². The number of ether oxygens (including phenoxy) is 17. The third-order valence-corrected chi connectivity index (χ3v) is 12.6. The van der Waals surface area contributed by atoms with Crippen molar-refractivity contribution >= 4 is 53.7 Å². The molecule has 4 saturated heterocycles. The average molecular weight is 1130 g/mol. The lowest BCUT2D eigenvalue weighted by Crippen LogP contribution is -2.69. The fraction of sp³-hybridized carbons (Fsp3) is 0.611. The predicted octanol–water partition coefficient (Wildman–Crippen LogP) is 2.94. The summed E-state index contributed by atoms with van der Waals surface area (Å²) in [6.45, 7) is 9.68. The highest BCUT2D eigenvalue weighted by molar-refractivity contribution is 5.76. The van der Waals surface area contributed by atoms with Crippen LogP contribution < -0.4 is 0 Å². The molecule has 1 unspecified atom stereocenters. The van der Waals surface area contributed by atoms with Crippen molar-refractivity contribution in [1.82, 2.24) is 0 Å². The van der Waals surface area contributed by atoms with E-state index in [1.807, 2.05) is 6.07 Å². The van der Waals surface area contributed by atoms with Crippen LogP contribution in [0.25, 0.3) is 0 Å². The van der Waals surface area contributed by atoms with Crippen LogP contribution in [0.1, 0.15) is 93.1 Å². The molecule has 4 fully saturated rings. The highest BCUT2D eigenvalue weighted by Crippen LogP contribution is 2.42. The molecule has 0 radical (unpaired) electrons. The molecule has 16 atom stereocenters. The highest BCUT2D eigenvalue weighted by Gasteiger charge is 2.61. The lowest BCUT2D eigenvalue weighted by molar-refractivity contribution is -0.397. The minimum atomic E-state index is -2.06. The molecule has 0 spiro atoms. The molecule has 0 bridgehead atoms. The molecule has 4 heterocycles. The molecule has 0 aliphatic carbocycles. The van der Waals surface area contributed by atoms with Gasteiger partial charge in [-0.15, -0.1) is 0 Å².